The third-order valence-electron chi connectivity index (χ3n) is 12.3. The molecule has 3 fully saturated rings. The van der Waals surface area contributed by atoms with Crippen molar-refractivity contribution in [3.05, 3.63) is 93.8 Å². The number of oxazole rings is 1. The number of nitrogens with zero attached hydrogens (tertiary/aromatic N) is 8. The van der Waals surface area contributed by atoms with Gasteiger partial charge >= 0.3 is 0 Å². The summed E-state index contributed by atoms with van der Waals surface area (Å²) in [7, 11) is 0. The number of aromatic nitrogens is 6. The Balaban J connectivity index is 0.841. The van der Waals surface area contributed by atoms with Crippen LogP contribution in [0.1, 0.15) is 109 Å². The van der Waals surface area contributed by atoms with Crippen LogP contribution >= 0.6 is 11.3 Å². The summed E-state index contributed by atoms with van der Waals surface area (Å²) in [6.07, 6.45) is 13.8. The molecule has 1 N–H and O–H groups in total. The molecule has 2 saturated carbocycles. The molecule has 1 aromatic carbocycles. The molecule has 6 heterocycles. The van der Waals surface area contributed by atoms with Crippen molar-refractivity contribution in [1.82, 2.24) is 35.0 Å². The van der Waals surface area contributed by atoms with E-state index in [9.17, 15) is 4.79 Å². The molecule has 1 saturated heterocycles. The second-order valence-corrected chi connectivity index (χ2v) is 18.4. The normalized spacial score (nSPS) is 20.6. The molecule has 2 aliphatic heterocycles. The average molecular weight is 758 g/mol. The smallest absolute Gasteiger partial charge is 0.254 e. The third-order valence-corrected chi connectivity index (χ3v) is 13.5. The van der Waals surface area contributed by atoms with Gasteiger partial charge in [-0.1, -0.05) is 27.7 Å². The Labute approximate surface area is 325 Å². The van der Waals surface area contributed by atoms with Crippen LogP contribution in [0.25, 0.3) is 16.8 Å². The number of hydrogen-bond acceptors (Lipinski definition) is 11. The third kappa shape index (κ3) is 6.26. The number of benzene rings is 1. The summed E-state index contributed by atoms with van der Waals surface area (Å²) >= 11 is 1.72. The molecule has 2 aliphatic carbocycles. The summed E-state index contributed by atoms with van der Waals surface area (Å²) < 4.78 is 14.2. The molecular weight excluding hydrogens is 711 g/mol. The standard InChI is InChI=1S/C42H47N9O3S/c1-24-25(2)55-37-33(24)34(46-31(18-32-43-14-17-53-32)35-49-48-26(3)51(35)37)27-8-10-29(11-9-27)54-30-19-42(20-30)12-15-50(16-13-42)39-44-21-28(22-45-39)36(52)47-38-40(4,5)23-41(38,6)7/h8-11,14,17-18,21-22,30,38H,12-13,15-16,19-20,23H2,1-7H3,(H,47,52)/b31-18+. The predicted molar refractivity (Wildman–Crippen MR) is 213 cm³/mol. The Bertz CT molecular complexity index is 2310. The number of rotatable bonds is 7. The molecule has 1 amide bonds. The van der Waals surface area contributed by atoms with Crippen molar-refractivity contribution in [2.24, 2.45) is 21.2 Å². The van der Waals surface area contributed by atoms with E-state index >= 15 is 0 Å². The van der Waals surface area contributed by atoms with E-state index in [1.54, 1.807) is 36.2 Å². The Morgan fingerprint density at radius 1 is 0.982 bits per heavy atom. The predicted octanol–water partition coefficient (Wildman–Crippen LogP) is 7.76. The van der Waals surface area contributed by atoms with Crippen LogP contribution in [0.3, 0.4) is 0 Å². The van der Waals surface area contributed by atoms with Crippen LogP contribution in [-0.4, -0.2) is 66.6 Å². The fraction of sp³-hybridized carbons (Fsp3) is 0.452. The monoisotopic (exact) mass is 757 g/mol. The highest BCUT2D eigenvalue weighted by molar-refractivity contribution is 7.15. The minimum Gasteiger partial charge on any atom is -0.490 e. The van der Waals surface area contributed by atoms with Crippen molar-refractivity contribution in [2.75, 3.05) is 18.0 Å². The first-order valence-electron chi connectivity index (χ1n) is 19.2. The SMILES string of the molecule is Cc1sc2c(c1C)C(c1ccc(OC3CC4(CCN(c5ncc(C(=O)NC6C(C)(C)CC6(C)C)cn5)CC4)C3)cc1)=N/C(=C/c1ncco1)c1nnc(C)n1-2. The first kappa shape index (κ1) is 35.5. The van der Waals surface area contributed by atoms with Gasteiger partial charge in [-0.3, -0.25) is 9.36 Å². The van der Waals surface area contributed by atoms with Crippen molar-refractivity contribution >= 4 is 40.7 Å². The molecule has 9 rings (SSSR count). The fourth-order valence-corrected chi connectivity index (χ4v) is 11.0. The largest absolute Gasteiger partial charge is 0.490 e. The van der Waals surface area contributed by atoms with Crippen molar-refractivity contribution in [3.63, 3.8) is 0 Å². The van der Waals surface area contributed by atoms with Gasteiger partial charge in [-0.2, -0.15) is 0 Å². The summed E-state index contributed by atoms with van der Waals surface area (Å²) in [5.74, 6) is 3.35. The summed E-state index contributed by atoms with van der Waals surface area (Å²) in [5, 5.41) is 13.2. The van der Waals surface area contributed by atoms with E-state index in [1.165, 1.54) is 10.4 Å². The van der Waals surface area contributed by atoms with Crippen LogP contribution in [0.2, 0.25) is 0 Å². The van der Waals surface area contributed by atoms with E-state index in [0.717, 1.165) is 78.6 Å². The van der Waals surface area contributed by atoms with Gasteiger partial charge in [0.2, 0.25) is 11.8 Å². The molecule has 284 valence electrons. The molecule has 4 aromatic heterocycles. The number of carbonyl (C=O) groups excluding carboxylic acids is 1. The van der Waals surface area contributed by atoms with Gasteiger partial charge in [0.15, 0.2) is 5.82 Å². The van der Waals surface area contributed by atoms with E-state index in [1.807, 2.05) is 13.0 Å². The molecule has 0 unspecified atom stereocenters. The number of fused-ring (bicyclic) bond motifs is 3. The number of carbonyl (C=O) groups is 1. The van der Waals surface area contributed by atoms with Crippen molar-refractivity contribution in [1.29, 1.82) is 0 Å². The van der Waals surface area contributed by atoms with Crippen LogP contribution in [0.15, 0.2) is 58.5 Å². The summed E-state index contributed by atoms with van der Waals surface area (Å²) in [5.41, 5.74) is 5.72. The molecule has 55 heavy (non-hydrogen) atoms. The molecule has 12 nitrogen and oxygen atoms in total. The molecular formula is C42H47N9O3S. The topological polar surface area (TPSA) is 136 Å². The van der Waals surface area contributed by atoms with E-state index in [2.05, 4.69) is 106 Å². The zero-order valence-corrected chi connectivity index (χ0v) is 33.3. The van der Waals surface area contributed by atoms with Crippen LogP contribution in [0.4, 0.5) is 5.95 Å². The molecule has 1 spiro atoms. The quantitative estimate of drug-likeness (QED) is 0.177. The highest BCUT2D eigenvalue weighted by atomic mass is 32.1. The Morgan fingerprint density at radius 3 is 2.35 bits per heavy atom. The average Bonchev–Trinajstić information content (AvgIpc) is 3.85. The van der Waals surface area contributed by atoms with Crippen LogP contribution in [0.5, 0.6) is 5.75 Å². The second-order valence-electron chi connectivity index (χ2n) is 17.2. The molecule has 0 atom stereocenters. The Morgan fingerprint density at radius 2 is 1.69 bits per heavy atom. The van der Waals surface area contributed by atoms with Gasteiger partial charge in [-0.15, -0.1) is 21.5 Å². The highest BCUT2D eigenvalue weighted by Gasteiger charge is 2.53. The van der Waals surface area contributed by atoms with Gasteiger partial charge in [0.05, 0.1) is 23.6 Å². The highest BCUT2D eigenvalue weighted by Crippen LogP contribution is 2.54. The number of aryl methyl sites for hydroxylation is 2. The molecule has 0 radical (unpaired) electrons. The van der Waals surface area contributed by atoms with Gasteiger partial charge in [0.1, 0.15) is 28.5 Å². The lowest BCUT2D eigenvalue weighted by Crippen LogP contribution is -2.63. The maximum absolute atomic E-state index is 13.0. The Kier molecular flexibility index (Phi) is 8.37. The zero-order chi connectivity index (χ0) is 38.3. The van der Waals surface area contributed by atoms with Crippen LogP contribution in [-0.2, 0) is 0 Å². The maximum atomic E-state index is 13.0. The van der Waals surface area contributed by atoms with Gasteiger partial charge < -0.3 is 19.4 Å². The number of piperidine rings is 1. The minimum absolute atomic E-state index is 0.0885. The Hall–Kier alpha value is -5.17. The molecule has 5 aromatic rings. The summed E-state index contributed by atoms with van der Waals surface area (Å²) in [4.78, 5) is 35.3. The van der Waals surface area contributed by atoms with Gasteiger partial charge in [-0.05, 0) is 98.9 Å². The lowest BCUT2D eigenvalue weighted by atomic mass is 9.52. The number of anilines is 1. The van der Waals surface area contributed by atoms with Crippen LogP contribution in [0, 0.1) is 37.0 Å². The number of thiophene rings is 1. The van der Waals surface area contributed by atoms with Crippen LogP contribution < -0.4 is 15.0 Å². The molecule has 0 bridgehead atoms. The fourth-order valence-electron chi connectivity index (χ4n) is 9.75. The van der Waals surface area contributed by atoms with Crippen molar-refractivity contribution in [2.45, 2.75) is 92.7 Å². The van der Waals surface area contributed by atoms with E-state index < -0.39 is 0 Å². The minimum atomic E-state index is -0.100. The first-order valence-corrected chi connectivity index (χ1v) is 20.0. The summed E-state index contributed by atoms with van der Waals surface area (Å²) in [6, 6.07) is 8.44. The summed E-state index contributed by atoms with van der Waals surface area (Å²) in [6.45, 7) is 16.9. The van der Waals surface area contributed by atoms with Crippen molar-refractivity contribution < 1.29 is 13.9 Å². The zero-order valence-electron chi connectivity index (χ0n) is 32.5. The second kappa shape index (κ2) is 13.0. The number of nitrogens with one attached hydrogen (secondary N) is 1. The molecule has 13 heteroatoms. The van der Waals surface area contributed by atoms with Gasteiger partial charge in [0.25, 0.3) is 5.91 Å². The lowest BCUT2D eigenvalue weighted by molar-refractivity contribution is -0.0366. The maximum Gasteiger partial charge on any atom is 0.254 e. The van der Waals surface area contributed by atoms with Crippen molar-refractivity contribution in [3.8, 4) is 10.8 Å². The first-order chi connectivity index (χ1) is 26.3. The van der Waals surface area contributed by atoms with E-state index in [-0.39, 0.29) is 34.3 Å². The van der Waals surface area contributed by atoms with E-state index in [4.69, 9.17) is 14.1 Å². The number of amides is 1. The lowest BCUT2D eigenvalue weighted by Gasteiger charge is -2.57. The van der Waals surface area contributed by atoms with Gasteiger partial charge in [0, 0.05) is 53.6 Å². The number of ether oxygens (including phenoxy) is 1. The number of hydrogen-bond donors (Lipinski definition) is 1. The number of aliphatic imine (C=N–C) groups is 1. The molecule has 4 aliphatic rings. The van der Waals surface area contributed by atoms with E-state index in [0.29, 0.717) is 28.9 Å². The van der Waals surface area contributed by atoms with Gasteiger partial charge in [-0.25, -0.2) is 19.9 Å².